The van der Waals surface area contributed by atoms with Gasteiger partial charge in [0.05, 0.1) is 0 Å². The van der Waals surface area contributed by atoms with E-state index in [1.54, 1.807) is 0 Å². The molecule has 0 saturated heterocycles. The number of hydrogen-bond donors (Lipinski definition) is 1. The van der Waals surface area contributed by atoms with E-state index in [1.807, 2.05) is 6.92 Å². The largest absolute Gasteiger partial charge is 0.433 e. The van der Waals surface area contributed by atoms with Crippen molar-refractivity contribution >= 4 is 5.95 Å². The molecule has 3 nitrogen and oxygen atoms in total. The predicted octanol–water partition coefficient (Wildman–Crippen LogP) is 4.27. The number of nitrogens with zero attached hydrogens (tertiary/aromatic N) is 2. The van der Waals surface area contributed by atoms with Crippen LogP contribution in [-0.4, -0.2) is 16.0 Å². The topological polar surface area (TPSA) is 37.8 Å². The molecule has 0 radical (unpaired) electrons. The van der Waals surface area contributed by atoms with Crippen LogP contribution in [0.4, 0.5) is 19.1 Å². The summed E-state index contributed by atoms with van der Waals surface area (Å²) in [6.45, 7) is 2.04. The third-order valence-corrected chi connectivity index (χ3v) is 3.92. The Bertz CT molecular complexity index is 428. The van der Waals surface area contributed by atoms with Gasteiger partial charge in [0.1, 0.15) is 5.69 Å². The lowest BCUT2D eigenvalue weighted by Gasteiger charge is -2.30. The van der Waals surface area contributed by atoms with E-state index in [2.05, 4.69) is 15.3 Å². The summed E-state index contributed by atoms with van der Waals surface area (Å²) >= 11 is 0. The lowest BCUT2D eigenvalue weighted by Crippen LogP contribution is -2.31. The Morgan fingerprint density at radius 2 is 2.00 bits per heavy atom. The predicted molar refractivity (Wildman–Crippen MR) is 71.3 cm³/mol. The Balaban J connectivity index is 2.07. The van der Waals surface area contributed by atoms with Crippen LogP contribution in [0.3, 0.4) is 0 Å². The maximum atomic E-state index is 12.6. The summed E-state index contributed by atoms with van der Waals surface area (Å²) < 4.78 is 37.9. The van der Waals surface area contributed by atoms with Crippen LogP contribution in [0.1, 0.15) is 51.1 Å². The highest BCUT2D eigenvalue weighted by Crippen LogP contribution is 2.30. The van der Waals surface area contributed by atoms with E-state index in [1.165, 1.54) is 19.3 Å². The second-order valence-corrected chi connectivity index (χ2v) is 5.32. The molecule has 2 rings (SSSR count). The Hall–Kier alpha value is -1.33. The molecular weight excluding hydrogens is 267 g/mol. The number of anilines is 1. The van der Waals surface area contributed by atoms with Crippen molar-refractivity contribution in [3.05, 3.63) is 18.0 Å². The van der Waals surface area contributed by atoms with Gasteiger partial charge < -0.3 is 5.32 Å². The highest BCUT2D eigenvalue weighted by atomic mass is 19.4. The quantitative estimate of drug-likeness (QED) is 0.898. The second kappa shape index (κ2) is 6.41. The third-order valence-electron chi connectivity index (χ3n) is 3.92. The smallest absolute Gasteiger partial charge is 0.351 e. The molecule has 1 aliphatic rings. The zero-order valence-electron chi connectivity index (χ0n) is 11.6. The van der Waals surface area contributed by atoms with Gasteiger partial charge in [-0.05, 0) is 31.2 Å². The molecule has 1 heterocycles. The molecule has 0 bridgehead atoms. The van der Waals surface area contributed by atoms with Gasteiger partial charge in [0.15, 0.2) is 0 Å². The van der Waals surface area contributed by atoms with E-state index in [-0.39, 0.29) is 12.0 Å². The number of nitrogens with one attached hydrogen (secondary N) is 1. The summed E-state index contributed by atoms with van der Waals surface area (Å²) in [7, 11) is 0. The minimum absolute atomic E-state index is 0.0808. The van der Waals surface area contributed by atoms with Crippen molar-refractivity contribution in [1.82, 2.24) is 9.97 Å². The number of halogens is 3. The van der Waals surface area contributed by atoms with E-state index < -0.39 is 11.9 Å². The van der Waals surface area contributed by atoms with E-state index in [4.69, 9.17) is 0 Å². The first-order chi connectivity index (χ1) is 9.50. The van der Waals surface area contributed by atoms with Crippen LogP contribution in [0.25, 0.3) is 0 Å². The maximum absolute atomic E-state index is 12.6. The van der Waals surface area contributed by atoms with Crippen LogP contribution in [0.15, 0.2) is 12.3 Å². The molecule has 1 saturated carbocycles. The fraction of sp³-hybridized carbons (Fsp3) is 0.714. The number of hydrogen-bond acceptors (Lipinski definition) is 3. The molecule has 1 aromatic heterocycles. The molecule has 0 amide bonds. The van der Waals surface area contributed by atoms with Gasteiger partial charge in [0.2, 0.25) is 5.95 Å². The monoisotopic (exact) mass is 287 g/mol. The fourth-order valence-corrected chi connectivity index (χ4v) is 2.84. The van der Waals surface area contributed by atoms with Gasteiger partial charge in [-0.15, -0.1) is 0 Å². The standard InChI is InChI=1S/C14H20F3N3/c1-2-11(10-6-4-3-5-7-10)19-13-18-9-8-12(20-13)14(15,16)17/h8-11H,2-7H2,1H3,(H,18,19,20). The SMILES string of the molecule is CCC(Nc1nccc(C(F)(F)F)n1)C1CCCCC1. The minimum atomic E-state index is -4.42. The normalized spacial score (nSPS) is 18.8. The van der Waals surface area contributed by atoms with Gasteiger partial charge in [0.25, 0.3) is 0 Å². The molecular formula is C14H20F3N3. The lowest BCUT2D eigenvalue weighted by atomic mass is 9.83. The summed E-state index contributed by atoms with van der Waals surface area (Å²) in [5.41, 5.74) is -0.895. The molecule has 1 aliphatic carbocycles. The van der Waals surface area contributed by atoms with E-state index in [0.29, 0.717) is 5.92 Å². The zero-order valence-corrected chi connectivity index (χ0v) is 11.6. The van der Waals surface area contributed by atoms with Crippen molar-refractivity contribution in [3.8, 4) is 0 Å². The van der Waals surface area contributed by atoms with E-state index >= 15 is 0 Å². The van der Waals surface area contributed by atoms with Crippen LogP contribution >= 0.6 is 0 Å². The molecule has 1 unspecified atom stereocenters. The van der Waals surface area contributed by atoms with Gasteiger partial charge in [-0.2, -0.15) is 13.2 Å². The molecule has 6 heteroatoms. The van der Waals surface area contributed by atoms with Crippen molar-refractivity contribution in [1.29, 1.82) is 0 Å². The molecule has 1 aromatic rings. The van der Waals surface area contributed by atoms with Crippen LogP contribution in [0.5, 0.6) is 0 Å². The summed E-state index contributed by atoms with van der Waals surface area (Å²) in [5.74, 6) is 0.587. The molecule has 0 aromatic carbocycles. The van der Waals surface area contributed by atoms with Crippen molar-refractivity contribution in [2.24, 2.45) is 5.92 Å². The first kappa shape index (κ1) is 15.1. The molecule has 1 atom stereocenters. The first-order valence-electron chi connectivity index (χ1n) is 7.17. The Kier molecular flexibility index (Phi) is 4.83. The molecule has 20 heavy (non-hydrogen) atoms. The molecule has 1 fully saturated rings. The summed E-state index contributed by atoms with van der Waals surface area (Å²) in [6, 6.07) is 1.05. The number of alkyl halides is 3. The van der Waals surface area contributed by atoms with Gasteiger partial charge in [0, 0.05) is 12.2 Å². The Morgan fingerprint density at radius 1 is 1.30 bits per heavy atom. The lowest BCUT2D eigenvalue weighted by molar-refractivity contribution is -0.141. The third kappa shape index (κ3) is 3.84. The highest BCUT2D eigenvalue weighted by molar-refractivity contribution is 5.28. The van der Waals surface area contributed by atoms with Crippen LogP contribution in [-0.2, 0) is 6.18 Å². The van der Waals surface area contributed by atoms with E-state index in [9.17, 15) is 13.2 Å². The van der Waals surface area contributed by atoms with Crippen molar-refractivity contribution < 1.29 is 13.2 Å². The minimum Gasteiger partial charge on any atom is -0.351 e. The van der Waals surface area contributed by atoms with Gasteiger partial charge >= 0.3 is 6.18 Å². The van der Waals surface area contributed by atoms with Gasteiger partial charge in [-0.1, -0.05) is 26.2 Å². The summed E-state index contributed by atoms with van der Waals surface area (Å²) in [4.78, 5) is 7.49. The first-order valence-corrected chi connectivity index (χ1v) is 7.17. The molecule has 0 aliphatic heterocycles. The number of rotatable bonds is 4. The highest BCUT2D eigenvalue weighted by Gasteiger charge is 2.33. The van der Waals surface area contributed by atoms with Crippen molar-refractivity contribution in [2.45, 2.75) is 57.7 Å². The average molecular weight is 287 g/mol. The van der Waals surface area contributed by atoms with E-state index in [0.717, 1.165) is 31.5 Å². The molecule has 1 N–H and O–H groups in total. The molecule has 0 spiro atoms. The maximum Gasteiger partial charge on any atom is 0.433 e. The van der Waals surface area contributed by atoms with Gasteiger partial charge in [-0.25, -0.2) is 9.97 Å². The summed E-state index contributed by atoms with van der Waals surface area (Å²) in [6.07, 6.45) is 3.52. The zero-order chi connectivity index (χ0) is 14.6. The van der Waals surface area contributed by atoms with Crippen LogP contribution in [0.2, 0.25) is 0 Å². The number of aromatic nitrogens is 2. The van der Waals surface area contributed by atoms with Crippen LogP contribution < -0.4 is 5.32 Å². The van der Waals surface area contributed by atoms with Crippen molar-refractivity contribution in [3.63, 3.8) is 0 Å². The Morgan fingerprint density at radius 3 is 2.60 bits per heavy atom. The Labute approximate surface area is 117 Å². The van der Waals surface area contributed by atoms with Crippen LogP contribution in [0, 0.1) is 5.92 Å². The van der Waals surface area contributed by atoms with Crippen molar-refractivity contribution in [2.75, 3.05) is 5.32 Å². The van der Waals surface area contributed by atoms with Gasteiger partial charge in [-0.3, -0.25) is 0 Å². The second-order valence-electron chi connectivity index (χ2n) is 5.32. The fourth-order valence-electron chi connectivity index (χ4n) is 2.84. The summed E-state index contributed by atoms with van der Waals surface area (Å²) in [5, 5.41) is 3.09. The average Bonchev–Trinajstić information content (AvgIpc) is 2.45. The molecule has 112 valence electrons.